The number of nitrogens with zero attached hydrogens (tertiary/aromatic N) is 1. The molecular weight excluding hydrogens is 194 g/mol. The molecule has 0 saturated heterocycles. The average Bonchev–Trinajstić information content (AvgIpc) is 2.27. The summed E-state index contributed by atoms with van der Waals surface area (Å²) < 4.78 is 9.83. The average molecular weight is 205 g/mol. The van der Waals surface area contributed by atoms with Crippen LogP contribution in [0.15, 0.2) is 24.3 Å². The Bertz CT molecular complexity index is 364. The number of carbonyl (C=O) groups is 1. The molecule has 0 aromatic heterocycles. The van der Waals surface area contributed by atoms with Crippen LogP contribution in [0.5, 0.6) is 5.75 Å². The standard InChI is InChI=1S/C11H11NO3/c1-2-14-8-11(13)15-10-5-3-9(7-12)4-6-10/h3-6H,2,8H2,1H3. The Morgan fingerprint density at radius 3 is 2.60 bits per heavy atom. The number of esters is 1. The summed E-state index contributed by atoms with van der Waals surface area (Å²) >= 11 is 0. The summed E-state index contributed by atoms with van der Waals surface area (Å²) in [6.07, 6.45) is 0. The van der Waals surface area contributed by atoms with Crippen molar-refractivity contribution in [2.45, 2.75) is 6.92 Å². The maximum absolute atomic E-state index is 11.1. The Morgan fingerprint density at radius 2 is 2.07 bits per heavy atom. The van der Waals surface area contributed by atoms with Crippen LogP contribution in [-0.2, 0) is 9.53 Å². The smallest absolute Gasteiger partial charge is 0.337 e. The van der Waals surface area contributed by atoms with E-state index in [0.29, 0.717) is 17.9 Å². The zero-order valence-corrected chi connectivity index (χ0v) is 8.40. The van der Waals surface area contributed by atoms with Crippen LogP contribution in [0.2, 0.25) is 0 Å². The van der Waals surface area contributed by atoms with Crippen LogP contribution in [0.25, 0.3) is 0 Å². The fourth-order valence-electron chi connectivity index (χ4n) is 0.944. The van der Waals surface area contributed by atoms with Crippen molar-refractivity contribution in [1.29, 1.82) is 5.26 Å². The third kappa shape index (κ3) is 3.79. The van der Waals surface area contributed by atoms with Gasteiger partial charge in [-0.25, -0.2) is 4.79 Å². The molecule has 1 aromatic rings. The lowest BCUT2D eigenvalue weighted by Crippen LogP contribution is -2.15. The molecule has 0 N–H and O–H groups in total. The molecule has 4 nitrogen and oxygen atoms in total. The number of hydrogen-bond donors (Lipinski definition) is 0. The van der Waals surface area contributed by atoms with E-state index in [4.69, 9.17) is 14.7 Å². The highest BCUT2D eigenvalue weighted by atomic mass is 16.6. The van der Waals surface area contributed by atoms with E-state index in [1.165, 1.54) is 0 Å². The van der Waals surface area contributed by atoms with Gasteiger partial charge in [-0.15, -0.1) is 0 Å². The molecule has 0 bridgehead atoms. The fraction of sp³-hybridized carbons (Fsp3) is 0.273. The summed E-state index contributed by atoms with van der Waals surface area (Å²) in [5, 5.41) is 8.55. The van der Waals surface area contributed by atoms with E-state index >= 15 is 0 Å². The van der Waals surface area contributed by atoms with Crippen molar-refractivity contribution in [2.75, 3.05) is 13.2 Å². The Kier molecular flexibility index (Phi) is 4.32. The van der Waals surface area contributed by atoms with Crippen LogP contribution < -0.4 is 4.74 Å². The number of carbonyl (C=O) groups excluding carboxylic acids is 1. The van der Waals surface area contributed by atoms with Crippen molar-refractivity contribution in [1.82, 2.24) is 0 Å². The quantitative estimate of drug-likeness (QED) is 0.552. The lowest BCUT2D eigenvalue weighted by Gasteiger charge is -2.03. The number of benzene rings is 1. The number of hydrogen-bond acceptors (Lipinski definition) is 4. The van der Waals surface area contributed by atoms with Crippen molar-refractivity contribution in [3.8, 4) is 11.8 Å². The van der Waals surface area contributed by atoms with E-state index in [2.05, 4.69) is 0 Å². The highest BCUT2D eigenvalue weighted by molar-refractivity contribution is 5.73. The first-order valence-corrected chi connectivity index (χ1v) is 4.55. The van der Waals surface area contributed by atoms with Crippen LogP contribution in [-0.4, -0.2) is 19.2 Å². The molecule has 0 atom stereocenters. The van der Waals surface area contributed by atoms with Gasteiger partial charge in [-0.05, 0) is 31.2 Å². The van der Waals surface area contributed by atoms with Gasteiger partial charge >= 0.3 is 5.97 Å². The number of ether oxygens (including phenoxy) is 2. The molecule has 0 aliphatic heterocycles. The molecule has 0 aliphatic carbocycles. The minimum atomic E-state index is -0.443. The molecule has 15 heavy (non-hydrogen) atoms. The van der Waals surface area contributed by atoms with Gasteiger partial charge in [-0.3, -0.25) is 0 Å². The van der Waals surface area contributed by atoms with Gasteiger partial charge in [0.1, 0.15) is 12.4 Å². The van der Waals surface area contributed by atoms with Crippen molar-refractivity contribution >= 4 is 5.97 Å². The summed E-state index contributed by atoms with van der Waals surface area (Å²) in [5.74, 6) is -0.0275. The van der Waals surface area contributed by atoms with E-state index in [1.807, 2.05) is 6.07 Å². The molecule has 0 spiro atoms. The molecule has 4 heteroatoms. The highest BCUT2D eigenvalue weighted by Gasteiger charge is 2.03. The first-order valence-electron chi connectivity index (χ1n) is 4.55. The van der Waals surface area contributed by atoms with Gasteiger partial charge in [0.05, 0.1) is 11.6 Å². The minimum absolute atomic E-state index is 0.0590. The predicted octanol–water partition coefficient (Wildman–Crippen LogP) is 1.50. The SMILES string of the molecule is CCOCC(=O)Oc1ccc(C#N)cc1. The molecule has 0 heterocycles. The lowest BCUT2D eigenvalue weighted by molar-refractivity contribution is -0.139. The summed E-state index contributed by atoms with van der Waals surface area (Å²) in [7, 11) is 0. The number of rotatable bonds is 4. The van der Waals surface area contributed by atoms with Gasteiger partial charge in [-0.1, -0.05) is 0 Å². The van der Waals surface area contributed by atoms with Crippen LogP contribution in [0.1, 0.15) is 12.5 Å². The largest absolute Gasteiger partial charge is 0.425 e. The van der Waals surface area contributed by atoms with Gasteiger partial charge in [0.15, 0.2) is 0 Å². The molecule has 0 unspecified atom stereocenters. The third-order valence-corrected chi connectivity index (χ3v) is 1.64. The van der Waals surface area contributed by atoms with Crippen LogP contribution in [0.3, 0.4) is 0 Å². The summed E-state index contributed by atoms with van der Waals surface area (Å²) in [4.78, 5) is 11.1. The van der Waals surface area contributed by atoms with E-state index in [9.17, 15) is 4.79 Å². The first-order chi connectivity index (χ1) is 7.26. The van der Waals surface area contributed by atoms with Crippen LogP contribution in [0, 0.1) is 11.3 Å². The number of nitriles is 1. The predicted molar refractivity (Wildman–Crippen MR) is 53.3 cm³/mol. The zero-order valence-electron chi connectivity index (χ0n) is 8.40. The van der Waals surface area contributed by atoms with E-state index < -0.39 is 5.97 Å². The van der Waals surface area contributed by atoms with E-state index in [-0.39, 0.29) is 6.61 Å². The summed E-state index contributed by atoms with van der Waals surface area (Å²) in [6.45, 7) is 2.22. The Morgan fingerprint density at radius 1 is 1.40 bits per heavy atom. The van der Waals surface area contributed by atoms with Crippen molar-refractivity contribution < 1.29 is 14.3 Å². The topological polar surface area (TPSA) is 59.3 Å². The lowest BCUT2D eigenvalue weighted by atomic mass is 10.2. The van der Waals surface area contributed by atoms with Gasteiger partial charge in [0.25, 0.3) is 0 Å². The van der Waals surface area contributed by atoms with Crippen molar-refractivity contribution in [2.24, 2.45) is 0 Å². The maximum atomic E-state index is 11.1. The van der Waals surface area contributed by atoms with E-state index in [0.717, 1.165) is 0 Å². The zero-order chi connectivity index (χ0) is 11.1. The van der Waals surface area contributed by atoms with Gasteiger partial charge < -0.3 is 9.47 Å². The molecule has 0 aliphatic rings. The fourth-order valence-corrected chi connectivity index (χ4v) is 0.944. The third-order valence-electron chi connectivity index (χ3n) is 1.64. The second kappa shape index (κ2) is 5.78. The Balaban J connectivity index is 2.50. The second-order valence-corrected chi connectivity index (χ2v) is 2.75. The van der Waals surface area contributed by atoms with Gasteiger partial charge in [-0.2, -0.15) is 5.26 Å². The van der Waals surface area contributed by atoms with Gasteiger partial charge in [0, 0.05) is 6.61 Å². The van der Waals surface area contributed by atoms with Crippen molar-refractivity contribution in [3.05, 3.63) is 29.8 Å². The molecule has 0 fully saturated rings. The van der Waals surface area contributed by atoms with Crippen LogP contribution >= 0.6 is 0 Å². The van der Waals surface area contributed by atoms with Crippen LogP contribution in [0.4, 0.5) is 0 Å². The molecule has 0 radical (unpaired) electrons. The normalized spacial score (nSPS) is 9.33. The van der Waals surface area contributed by atoms with Gasteiger partial charge in [0.2, 0.25) is 0 Å². The molecular formula is C11H11NO3. The van der Waals surface area contributed by atoms with E-state index in [1.54, 1.807) is 31.2 Å². The molecule has 78 valence electrons. The molecule has 0 amide bonds. The summed E-state index contributed by atoms with van der Waals surface area (Å²) in [6, 6.07) is 8.29. The molecule has 1 aromatic carbocycles. The monoisotopic (exact) mass is 205 g/mol. The van der Waals surface area contributed by atoms with Crippen molar-refractivity contribution in [3.63, 3.8) is 0 Å². The Hall–Kier alpha value is -1.86. The summed E-state index contributed by atoms with van der Waals surface area (Å²) in [5.41, 5.74) is 0.527. The Labute approximate surface area is 88.0 Å². The minimum Gasteiger partial charge on any atom is -0.425 e. The second-order valence-electron chi connectivity index (χ2n) is 2.75. The highest BCUT2D eigenvalue weighted by Crippen LogP contribution is 2.11. The maximum Gasteiger partial charge on any atom is 0.337 e. The molecule has 0 saturated carbocycles. The first kappa shape index (κ1) is 11.2. The molecule has 1 rings (SSSR count).